The van der Waals surface area contributed by atoms with E-state index in [1.165, 1.54) is 4.68 Å². The number of aromatic nitrogens is 5. The van der Waals surface area contributed by atoms with Gasteiger partial charge in [0.1, 0.15) is 12.2 Å². The van der Waals surface area contributed by atoms with Gasteiger partial charge in [-0.3, -0.25) is 9.89 Å². The molecule has 7 nitrogen and oxygen atoms in total. The van der Waals surface area contributed by atoms with Crippen LogP contribution < -0.4 is 0 Å². The molecular weight excluding hydrogens is 234 g/mol. The van der Waals surface area contributed by atoms with Gasteiger partial charge in [-0.1, -0.05) is 11.3 Å². The van der Waals surface area contributed by atoms with Crippen LogP contribution in [0.25, 0.3) is 22.2 Å². The number of aliphatic carboxylic acids is 1. The summed E-state index contributed by atoms with van der Waals surface area (Å²) >= 11 is 0. The van der Waals surface area contributed by atoms with Crippen LogP contribution in [0.5, 0.6) is 0 Å². The monoisotopic (exact) mass is 243 g/mol. The predicted molar refractivity (Wildman–Crippen MR) is 62.7 cm³/mol. The van der Waals surface area contributed by atoms with Crippen molar-refractivity contribution in [3.05, 3.63) is 30.6 Å². The van der Waals surface area contributed by atoms with Gasteiger partial charge >= 0.3 is 5.97 Å². The van der Waals surface area contributed by atoms with E-state index < -0.39 is 5.97 Å². The van der Waals surface area contributed by atoms with Crippen molar-refractivity contribution >= 4 is 16.9 Å². The van der Waals surface area contributed by atoms with Gasteiger partial charge in [0.05, 0.1) is 17.9 Å². The molecule has 0 fully saturated rings. The number of benzene rings is 1. The van der Waals surface area contributed by atoms with Crippen LogP contribution in [-0.2, 0) is 11.3 Å². The molecule has 0 atom stereocenters. The lowest BCUT2D eigenvalue weighted by Crippen LogP contribution is -2.08. The van der Waals surface area contributed by atoms with Crippen molar-refractivity contribution in [2.75, 3.05) is 0 Å². The zero-order valence-electron chi connectivity index (χ0n) is 9.24. The number of fused-ring (bicyclic) bond motifs is 1. The van der Waals surface area contributed by atoms with Crippen molar-refractivity contribution in [3.63, 3.8) is 0 Å². The summed E-state index contributed by atoms with van der Waals surface area (Å²) in [6.45, 7) is -0.193. The average molecular weight is 243 g/mol. The molecule has 0 saturated carbocycles. The van der Waals surface area contributed by atoms with Gasteiger partial charge < -0.3 is 5.11 Å². The molecule has 7 heteroatoms. The van der Waals surface area contributed by atoms with Gasteiger partial charge in [-0.05, 0) is 12.1 Å². The van der Waals surface area contributed by atoms with E-state index >= 15 is 0 Å². The first kappa shape index (κ1) is 10.5. The Morgan fingerprint density at radius 1 is 1.44 bits per heavy atom. The SMILES string of the molecule is O=C(O)Cn1cc(-c2ccc3[nH]ncc3c2)nn1. The summed E-state index contributed by atoms with van der Waals surface area (Å²) in [4.78, 5) is 10.6. The molecule has 2 aromatic heterocycles. The number of carboxylic acids is 1. The standard InChI is InChI=1S/C11H9N5O2/c17-11(18)6-16-5-10(14-15-16)7-1-2-9-8(3-7)4-12-13-9/h1-5H,6H2,(H,12,13)(H,17,18). The molecule has 0 aliphatic heterocycles. The Hall–Kier alpha value is -2.70. The molecule has 0 unspecified atom stereocenters. The van der Waals surface area contributed by atoms with Gasteiger partial charge in [0.2, 0.25) is 0 Å². The maximum atomic E-state index is 10.6. The van der Waals surface area contributed by atoms with Gasteiger partial charge in [-0.15, -0.1) is 5.10 Å². The number of hydrogen-bond donors (Lipinski definition) is 2. The van der Waals surface area contributed by atoms with E-state index in [4.69, 9.17) is 5.11 Å². The van der Waals surface area contributed by atoms with Crippen LogP contribution >= 0.6 is 0 Å². The Labute approximate surface area is 101 Å². The molecule has 0 spiro atoms. The molecule has 3 rings (SSSR count). The van der Waals surface area contributed by atoms with Crippen LogP contribution in [0.2, 0.25) is 0 Å². The minimum Gasteiger partial charge on any atom is -0.480 e. The number of nitrogens with one attached hydrogen (secondary N) is 1. The molecule has 1 aromatic carbocycles. The Balaban J connectivity index is 1.97. The first-order valence-electron chi connectivity index (χ1n) is 5.28. The van der Waals surface area contributed by atoms with Gasteiger partial charge in [0.25, 0.3) is 0 Å². The molecule has 0 amide bonds. The largest absolute Gasteiger partial charge is 0.480 e. The van der Waals surface area contributed by atoms with Crippen molar-refractivity contribution in [1.29, 1.82) is 0 Å². The number of carboxylic acid groups (broad SMARTS) is 1. The molecule has 2 heterocycles. The Bertz CT molecular complexity index is 715. The number of H-pyrrole nitrogens is 1. The fourth-order valence-electron chi connectivity index (χ4n) is 1.75. The van der Waals surface area contributed by atoms with Crippen LogP contribution in [0.15, 0.2) is 30.6 Å². The lowest BCUT2D eigenvalue weighted by Gasteiger charge is -1.95. The van der Waals surface area contributed by atoms with Crippen molar-refractivity contribution in [3.8, 4) is 11.3 Å². The topological polar surface area (TPSA) is 96.7 Å². The first-order valence-corrected chi connectivity index (χ1v) is 5.28. The van der Waals surface area contributed by atoms with Crippen LogP contribution in [0.4, 0.5) is 0 Å². The molecule has 3 aromatic rings. The van der Waals surface area contributed by atoms with Crippen molar-refractivity contribution in [2.45, 2.75) is 6.54 Å². The van der Waals surface area contributed by atoms with Crippen molar-refractivity contribution < 1.29 is 9.90 Å². The van der Waals surface area contributed by atoms with E-state index in [1.807, 2.05) is 18.2 Å². The summed E-state index contributed by atoms with van der Waals surface area (Å²) in [5, 5.41) is 24.1. The van der Waals surface area contributed by atoms with E-state index in [1.54, 1.807) is 12.4 Å². The second kappa shape index (κ2) is 3.95. The lowest BCUT2D eigenvalue weighted by atomic mass is 10.1. The van der Waals surface area contributed by atoms with E-state index in [2.05, 4.69) is 20.5 Å². The smallest absolute Gasteiger partial charge is 0.325 e. The maximum Gasteiger partial charge on any atom is 0.325 e. The molecule has 0 bridgehead atoms. The molecule has 90 valence electrons. The highest BCUT2D eigenvalue weighted by Crippen LogP contribution is 2.21. The maximum absolute atomic E-state index is 10.6. The third-order valence-electron chi connectivity index (χ3n) is 2.57. The van der Waals surface area contributed by atoms with E-state index in [0.29, 0.717) is 5.69 Å². The van der Waals surface area contributed by atoms with Gasteiger partial charge in [-0.25, -0.2) is 4.68 Å². The molecule has 0 aliphatic carbocycles. The predicted octanol–water partition coefficient (Wildman–Crippen LogP) is 0.906. The first-order chi connectivity index (χ1) is 8.72. The van der Waals surface area contributed by atoms with E-state index in [-0.39, 0.29) is 6.54 Å². The number of nitrogens with zero attached hydrogens (tertiary/aromatic N) is 4. The summed E-state index contributed by atoms with van der Waals surface area (Å²) < 4.78 is 1.29. The summed E-state index contributed by atoms with van der Waals surface area (Å²) in [7, 11) is 0. The molecule has 0 aliphatic rings. The third kappa shape index (κ3) is 1.81. The highest BCUT2D eigenvalue weighted by atomic mass is 16.4. The van der Waals surface area contributed by atoms with Crippen LogP contribution in [0.3, 0.4) is 0 Å². The molecule has 2 N–H and O–H groups in total. The fraction of sp³-hybridized carbons (Fsp3) is 0.0909. The summed E-state index contributed by atoms with van der Waals surface area (Å²) in [6.07, 6.45) is 3.33. The minimum atomic E-state index is -0.947. The zero-order valence-corrected chi connectivity index (χ0v) is 9.24. The summed E-state index contributed by atoms with van der Waals surface area (Å²) in [5.74, 6) is -0.947. The van der Waals surface area contributed by atoms with E-state index in [0.717, 1.165) is 16.5 Å². The highest BCUT2D eigenvalue weighted by Gasteiger charge is 2.07. The summed E-state index contributed by atoms with van der Waals surface area (Å²) in [6, 6.07) is 5.71. The Morgan fingerprint density at radius 2 is 2.33 bits per heavy atom. The van der Waals surface area contributed by atoms with E-state index in [9.17, 15) is 4.79 Å². The second-order valence-electron chi connectivity index (χ2n) is 3.87. The Kier molecular flexibility index (Phi) is 2.30. The van der Waals surface area contributed by atoms with Gasteiger partial charge in [-0.2, -0.15) is 5.10 Å². The number of hydrogen-bond acceptors (Lipinski definition) is 4. The van der Waals surface area contributed by atoms with Crippen molar-refractivity contribution in [2.24, 2.45) is 0 Å². The van der Waals surface area contributed by atoms with Crippen molar-refractivity contribution in [1.82, 2.24) is 25.2 Å². The number of carbonyl (C=O) groups is 1. The summed E-state index contributed by atoms with van der Waals surface area (Å²) in [5.41, 5.74) is 2.46. The number of aromatic amines is 1. The zero-order chi connectivity index (χ0) is 12.5. The average Bonchev–Trinajstić information content (AvgIpc) is 2.95. The molecule has 0 saturated heterocycles. The lowest BCUT2D eigenvalue weighted by molar-refractivity contribution is -0.137. The third-order valence-corrected chi connectivity index (χ3v) is 2.57. The number of rotatable bonds is 3. The van der Waals surface area contributed by atoms with Crippen LogP contribution in [0, 0.1) is 0 Å². The Morgan fingerprint density at radius 3 is 3.17 bits per heavy atom. The molecule has 0 radical (unpaired) electrons. The van der Waals surface area contributed by atoms with Crippen LogP contribution in [0.1, 0.15) is 0 Å². The normalized spacial score (nSPS) is 10.9. The van der Waals surface area contributed by atoms with Crippen LogP contribution in [-0.4, -0.2) is 36.3 Å². The fourth-order valence-corrected chi connectivity index (χ4v) is 1.75. The highest BCUT2D eigenvalue weighted by molar-refractivity contribution is 5.83. The van der Waals surface area contributed by atoms with Gasteiger partial charge in [0, 0.05) is 10.9 Å². The molecular formula is C11H9N5O2. The van der Waals surface area contributed by atoms with Gasteiger partial charge in [0.15, 0.2) is 0 Å². The quantitative estimate of drug-likeness (QED) is 0.712. The second-order valence-corrected chi connectivity index (χ2v) is 3.87. The minimum absolute atomic E-state index is 0.193. The molecule has 18 heavy (non-hydrogen) atoms.